The predicted octanol–water partition coefficient (Wildman–Crippen LogP) is 7.20. The highest BCUT2D eigenvalue weighted by molar-refractivity contribution is 6.00. The largest absolute Gasteiger partial charge is 0.478 e. The quantitative estimate of drug-likeness (QED) is 0.173. The molecular weight excluding hydrogens is 420 g/mol. The van der Waals surface area contributed by atoms with Crippen LogP contribution >= 0.6 is 0 Å². The Hall–Kier alpha value is -2.37. The number of carboxylic acids is 1. The maximum Gasteiger partial charge on any atom is 0.338 e. The van der Waals surface area contributed by atoms with Crippen LogP contribution in [0.5, 0.6) is 0 Å². The van der Waals surface area contributed by atoms with Gasteiger partial charge in [0.05, 0.1) is 29.9 Å². The van der Waals surface area contributed by atoms with Gasteiger partial charge in [0.25, 0.3) is 0 Å². The summed E-state index contributed by atoms with van der Waals surface area (Å²) in [5.74, 6) is -2.45. The molecule has 1 rings (SSSR count). The molecule has 0 amide bonds. The standard InChI is InChI=1S/C27H42O6/c1-3-5-7-9-11-13-15-17-32-26(30)23-19-22(25(28)29)20-24(21-23)27(31)33-18-16-14-12-10-8-6-4-2/h19-21H,3-18H2,1-2H3,(H,28,29). The lowest BCUT2D eigenvalue weighted by atomic mass is 10.1. The number of hydrogen-bond donors (Lipinski definition) is 1. The van der Waals surface area contributed by atoms with E-state index in [0.717, 1.165) is 38.5 Å². The van der Waals surface area contributed by atoms with E-state index >= 15 is 0 Å². The topological polar surface area (TPSA) is 89.9 Å². The average Bonchev–Trinajstić information content (AvgIpc) is 2.81. The first-order valence-electron chi connectivity index (χ1n) is 12.7. The van der Waals surface area contributed by atoms with Crippen molar-refractivity contribution < 1.29 is 29.0 Å². The van der Waals surface area contributed by atoms with Gasteiger partial charge in [0, 0.05) is 0 Å². The SMILES string of the molecule is CCCCCCCCCOC(=O)c1cc(C(=O)O)cc(C(=O)OCCCCCCCCC)c1. The highest BCUT2D eigenvalue weighted by Gasteiger charge is 2.17. The molecule has 1 N–H and O–H groups in total. The van der Waals surface area contributed by atoms with Crippen LogP contribution in [0, 0.1) is 0 Å². The molecule has 0 saturated heterocycles. The first-order valence-corrected chi connectivity index (χ1v) is 12.7. The molecule has 0 aliphatic rings. The number of unbranched alkanes of at least 4 members (excludes halogenated alkanes) is 12. The molecule has 1 aromatic carbocycles. The van der Waals surface area contributed by atoms with E-state index in [-0.39, 0.29) is 29.9 Å². The highest BCUT2D eigenvalue weighted by Crippen LogP contribution is 2.15. The van der Waals surface area contributed by atoms with Gasteiger partial charge in [0.1, 0.15) is 0 Å². The normalized spacial score (nSPS) is 10.7. The van der Waals surface area contributed by atoms with Gasteiger partial charge in [-0.2, -0.15) is 0 Å². The lowest BCUT2D eigenvalue weighted by molar-refractivity contribution is 0.0496. The fourth-order valence-corrected chi connectivity index (χ4v) is 3.60. The second-order valence-electron chi connectivity index (χ2n) is 8.62. The summed E-state index contributed by atoms with van der Waals surface area (Å²) in [5.41, 5.74) is -0.0234. The zero-order valence-electron chi connectivity index (χ0n) is 20.5. The minimum absolute atomic E-state index is 0.0562. The summed E-state index contributed by atoms with van der Waals surface area (Å²) in [6.07, 6.45) is 15.5. The molecule has 0 radical (unpaired) electrons. The second-order valence-corrected chi connectivity index (χ2v) is 8.62. The van der Waals surface area contributed by atoms with Crippen LogP contribution in [0.1, 0.15) is 135 Å². The van der Waals surface area contributed by atoms with Gasteiger partial charge >= 0.3 is 17.9 Å². The Labute approximate surface area is 199 Å². The molecular formula is C27H42O6. The van der Waals surface area contributed by atoms with E-state index in [2.05, 4.69) is 13.8 Å². The van der Waals surface area contributed by atoms with Crippen molar-refractivity contribution in [3.8, 4) is 0 Å². The van der Waals surface area contributed by atoms with Crippen molar-refractivity contribution in [1.29, 1.82) is 0 Å². The van der Waals surface area contributed by atoms with E-state index < -0.39 is 17.9 Å². The number of hydrogen-bond acceptors (Lipinski definition) is 5. The number of carboxylic acid groups (broad SMARTS) is 1. The average molecular weight is 463 g/mol. The summed E-state index contributed by atoms with van der Waals surface area (Å²) in [7, 11) is 0. The van der Waals surface area contributed by atoms with Crippen LogP contribution < -0.4 is 0 Å². The van der Waals surface area contributed by atoms with Gasteiger partial charge in [-0.15, -0.1) is 0 Å². The van der Waals surface area contributed by atoms with Gasteiger partial charge in [-0.25, -0.2) is 14.4 Å². The molecule has 0 bridgehead atoms. The molecule has 0 unspecified atom stereocenters. The van der Waals surface area contributed by atoms with Crippen LogP contribution in [0.3, 0.4) is 0 Å². The third-order valence-corrected chi connectivity index (χ3v) is 5.61. The molecule has 0 aromatic heterocycles. The Bertz CT molecular complexity index is 662. The summed E-state index contributed by atoms with van der Waals surface area (Å²) < 4.78 is 10.6. The van der Waals surface area contributed by atoms with Gasteiger partial charge in [0.2, 0.25) is 0 Å². The Balaban J connectivity index is 2.49. The van der Waals surface area contributed by atoms with Gasteiger partial charge in [0.15, 0.2) is 0 Å². The zero-order chi connectivity index (χ0) is 24.3. The van der Waals surface area contributed by atoms with Crippen LogP contribution in [0.25, 0.3) is 0 Å². The molecule has 186 valence electrons. The first-order chi connectivity index (χ1) is 16.0. The highest BCUT2D eigenvalue weighted by atomic mass is 16.5. The molecule has 0 fully saturated rings. The predicted molar refractivity (Wildman–Crippen MR) is 130 cm³/mol. The Morgan fingerprint density at radius 2 is 0.909 bits per heavy atom. The maximum absolute atomic E-state index is 12.4. The summed E-state index contributed by atoms with van der Waals surface area (Å²) in [6, 6.07) is 3.83. The number of benzene rings is 1. The van der Waals surface area contributed by atoms with Crippen LogP contribution in [0.15, 0.2) is 18.2 Å². The lowest BCUT2D eigenvalue weighted by Crippen LogP contribution is -2.13. The van der Waals surface area contributed by atoms with Crippen LogP contribution in [0.4, 0.5) is 0 Å². The van der Waals surface area contributed by atoms with Crippen molar-refractivity contribution in [3.05, 3.63) is 34.9 Å². The number of rotatable bonds is 19. The van der Waals surface area contributed by atoms with Crippen molar-refractivity contribution in [2.75, 3.05) is 13.2 Å². The van der Waals surface area contributed by atoms with E-state index in [0.29, 0.717) is 0 Å². The zero-order valence-corrected chi connectivity index (χ0v) is 20.5. The van der Waals surface area contributed by atoms with Crippen LogP contribution in [0.2, 0.25) is 0 Å². The lowest BCUT2D eigenvalue weighted by Gasteiger charge is -2.09. The molecule has 1 aromatic rings. The number of esters is 2. The molecule has 0 heterocycles. The first kappa shape index (κ1) is 28.7. The van der Waals surface area contributed by atoms with Crippen molar-refractivity contribution >= 4 is 17.9 Å². The fourth-order valence-electron chi connectivity index (χ4n) is 3.60. The summed E-state index contributed by atoms with van der Waals surface area (Å²) in [4.78, 5) is 36.3. The van der Waals surface area contributed by atoms with Gasteiger partial charge in [-0.1, -0.05) is 90.9 Å². The third-order valence-electron chi connectivity index (χ3n) is 5.61. The Morgan fingerprint density at radius 1 is 0.576 bits per heavy atom. The van der Waals surface area contributed by atoms with Gasteiger partial charge in [-0.05, 0) is 31.0 Å². The van der Waals surface area contributed by atoms with Crippen molar-refractivity contribution in [1.82, 2.24) is 0 Å². The summed E-state index contributed by atoms with van der Waals surface area (Å²) in [5, 5.41) is 9.36. The third kappa shape index (κ3) is 13.1. The van der Waals surface area contributed by atoms with E-state index in [1.807, 2.05) is 0 Å². The number of aromatic carboxylic acids is 1. The number of carbonyl (C=O) groups is 3. The van der Waals surface area contributed by atoms with Crippen LogP contribution in [-0.2, 0) is 9.47 Å². The smallest absolute Gasteiger partial charge is 0.338 e. The maximum atomic E-state index is 12.4. The molecule has 33 heavy (non-hydrogen) atoms. The van der Waals surface area contributed by atoms with Crippen molar-refractivity contribution in [2.45, 2.75) is 104 Å². The molecule has 0 aliphatic heterocycles. The molecule has 6 nitrogen and oxygen atoms in total. The fraction of sp³-hybridized carbons (Fsp3) is 0.667. The monoisotopic (exact) mass is 462 g/mol. The number of carbonyl (C=O) groups excluding carboxylic acids is 2. The Morgan fingerprint density at radius 3 is 1.27 bits per heavy atom. The van der Waals surface area contributed by atoms with Crippen molar-refractivity contribution in [3.63, 3.8) is 0 Å². The molecule has 0 spiro atoms. The van der Waals surface area contributed by atoms with Crippen LogP contribution in [-0.4, -0.2) is 36.2 Å². The molecule has 0 saturated carbocycles. The summed E-state index contributed by atoms with van der Waals surface area (Å²) >= 11 is 0. The van der Waals surface area contributed by atoms with E-state index in [1.54, 1.807) is 0 Å². The van der Waals surface area contributed by atoms with E-state index in [4.69, 9.17) is 9.47 Å². The van der Waals surface area contributed by atoms with Gasteiger partial charge in [-0.3, -0.25) is 0 Å². The molecule has 6 heteroatoms. The van der Waals surface area contributed by atoms with E-state index in [9.17, 15) is 19.5 Å². The molecule has 0 atom stereocenters. The summed E-state index contributed by atoms with van der Waals surface area (Å²) in [6.45, 7) is 4.92. The number of ether oxygens (including phenoxy) is 2. The second kappa shape index (κ2) is 18.1. The minimum atomic E-state index is -1.21. The minimum Gasteiger partial charge on any atom is -0.478 e. The molecule has 0 aliphatic carbocycles. The van der Waals surface area contributed by atoms with Crippen molar-refractivity contribution in [2.24, 2.45) is 0 Å². The van der Waals surface area contributed by atoms with E-state index in [1.165, 1.54) is 69.6 Å². The van der Waals surface area contributed by atoms with Gasteiger partial charge < -0.3 is 14.6 Å². The Kier molecular flexibility index (Phi) is 15.7.